The number of hydrogen-bond donors (Lipinski definition) is 2. The van der Waals surface area contributed by atoms with Crippen LogP contribution in [0.25, 0.3) is 5.69 Å². The standard InChI is InChI=1S/C23H26N4O2/c1-17-20(16-27(26-17)21-13-7-4-8-14-21)12-9-15-24-22(28)18(2)25-23(29)19-10-5-3-6-11-19/h3-8,10-11,13-14,16,18H,9,12,15H2,1-2H3,(H,24,28)(H,25,29)/t18-/m1/s1. The second-order valence-corrected chi connectivity index (χ2v) is 6.98. The maximum absolute atomic E-state index is 12.2. The zero-order valence-corrected chi connectivity index (χ0v) is 16.8. The second-order valence-electron chi connectivity index (χ2n) is 6.98. The average Bonchev–Trinajstić information content (AvgIpc) is 3.12. The van der Waals surface area contributed by atoms with Gasteiger partial charge in [0.05, 0.1) is 11.4 Å². The number of carbonyl (C=O) groups is 2. The van der Waals surface area contributed by atoms with Gasteiger partial charge >= 0.3 is 0 Å². The minimum atomic E-state index is -0.592. The Hall–Kier alpha value is -3.41. The molecule has 0 fully saturated rings. The summed E-state index contributed by atoms with van der Waals surface area (Å²) in [5.74, 6) is -0.441. The van der Waals surface area contributed by atoms with Gasteiger partial charge in [-0.05, 0) is 56.5 Å². The van der Waals surface area contributed by atoms with Gasteiger partial charge in [0.25, 0.3) is 5.91 Å². The highest BCUT2D eigenvalue weighted by Crippen LogP contribution is 2.13. The number of aryl methyl sites for hydroxylation is 2. The summed E-state index contributed by atoms with van der Waals surface area (Å²) in [6.07, 6.45) is 3.66. The van der Waals surface area contributed by atoms with E-state index in [0.29, 0.717) is 12.1 Å². The molecule has 3 aromatic rings. The van der Waals surface area contributed by atoms with Crippen molar-refractivity contribution in [2.45, 2.75) is 32.7 Å². The lowest BCUT2D eigenvalue weighted by atomic mass is 10.1. The molecule has 0 aliphatic carbocycles. The fourth-order valence-corrected chi connectivity index (χ4v) is 3.03. The van der Waals surface area contributed by atoms with Gasteiger partial charge in [0.15, 0.2) is 0 Å². The van der Waals surface area contributed by atoms with E-state index in [4.69, 9.17) is 0 Å². The molecule has 1 heterocycles. The number of nitrogens with zero attached hydrogens (tertiary/aromatic N) is 2. The Morgan fingerprint density at radius 2 is 1.69 bits per heavy atom. The molecule has 1 atom stereocenters. The average molecular weight is 390 g/mol. The van der Waals surface area contributed by atoms with Crippen LogP contribution in [-0.2, 0) is 11.2 Å². The van der Waals surface area contributed by atoms with Crippen LogP contribution in [0.1, 0.15) is 35.0 Å². The zero-order valence-electron chi connectivity index (χ0n) is 16.8. The molecule has 0 unspecified atom stereocenters. The van der Waals surface area contributed by atoms with E-state index in [2.05, 4.69) is 15.7 Å². The van der Waals surface area contributed by atoms with Crippen LogP contribution in [0.4, 0.5) is 0 Å². The van der Waals surface area contributed by atoms with Crippen LogP contribution in [0.3, 0.4) is 0 Å². The van der Waals surface area contributed by atoms with Crippen molar-refractivity contribution in [1.29, 1.82) is 0 Å². The third kappa shape index (κ3) is 5.54. The van der Waals surface area contributed by atoms with Crippen molar-refractivity contribution in [2.75, 3.05) is 6.54 Å². The highest BCUT2D eigenvalue weighted by Gasteiger charge is 2.16. The number of hydrogen-bond acceptors (Lipinski definition) is 3. The van der Waals surface area contributed by atoms with Crippen LogP contribution in [0.5, 0.6) is 0 Å². The molecule has 0 aliphatic heterocycles. The van der Waals surface area contributed by atoms with E-state index in [1.165, 1.54) is 0 Å². The normalized spacial score (nSPS) is 11.7. The molecule has 2 amide bonds. The molecule has 29 heavy (non-hydrogen) atoms. The van der Waals surface area contributed by atoms with E-state index >= 15 is 0 Å². The van der Waals surface area contributed by atoms with Crippen LogP contribution >= 0.6 is 0 Å². The molecule has 2 N–H and O–H groups in total. The molecule has 6 heteroatoms. The van der Waals surface area contributed by atoms with Gasteiger partial charge < -0.3 is 10.6 Å². The molecule has 0 saturated heterocycles. The van der Waals surface area contributed by atoms with Gasteiger partial charge in [0.1, 0.15) is 6.04 Å². The predicted octanol–water partition coefficient (Wildman–Crippen LogP) is 3.05. The van der Waals surface area contributed by atoms with Crippen molar-refractivity contribution in [3.8, 4) is 5.69 Å². The van der Waals surface area contributed by atoms with Crippen LogP contribution in [0, 0.1) is 6.92 Å². The molecule has 6 nitrogen and oxygen atoms in total. The lowest BCUT2D eigenvalue weighted by molar-refractivity contribution is -0.122. The van der Waals surface area contributed by atoms with E-state index in [0.717, 1.165) is 29.8 Å². The molecule has 0 spiro atoms. The maximum atomic E-state index is 12.2. The Morgan fingerprint density at radius 3 is 2.38 bits per heavy atom. The first kappa shape index (κ1) is 20.3. The summed E-state index contributed by atoms with van der Waals surface area (Å²) in [7, 11) is 0. The van der Waals surface area contributed by atoms with Crippen LogP contribution < -0.4 is 10.6 Å². The third-order valence-corrected chi connectivity index (χ3v) is 4.72. The first-order valence-corrected chi connectivity index (χ1v) is 9.79. The summed E-state index contributed by atoms with van der Waals surface area (Å²) in [5, 5.41) is 10.2. The molecule has 0 radical (unpaired) electrons. The van der Waals surface area contributed by atoms with Crippen molar-refractivity contribution < 1.29 is 9.59 Å². The lowest BCUT2D eigenvalue weighted by Gasteiger charge is -2.14. The first-order valence-electron chi connectivity index (χ1n) is 9.79. The van der Waals surface area contributed by atoms with Crippen LogP contribution in [0.15, 0.2) is 66.9 Å². The van der Waals surface area contributed by atoms with E-state index in [9.17, 15) is 9.59 Å². The highest BCUT2D eigenvalue weighted by atomic mass is 16.2. The highest BCUT2D eigenvalue weighted by molar-refractivity contribution is 5.97. The number of nitrogens with one attached hydrogen (secondary N) is 2. The smallest absolute Gasteiger partial charge is 0.251 e. The second kappa shape index (κ2) is 9.68. The summed E-state index contributed by atoms with van der Waals surface area (Å²) >= 11 is 0. The third-order valence-electron chi connectivity index (χ3n) is 4.72. The Morgan fingerprint density at radius 1 is 1.03 bits per heavy atom. The number of amides is 2. The number of para-hydroxylation sites is 1. The van der Waals surface area contributed by atoms with Crippen LogP contribution in [-0.4, -0.2) is 34.2 Å². The van der Waals surface area contributed by atoms with Gasteiger partial charge in [-0.15, -0.1) is 0 Å². The molecule has 3 rings (SSSR count). The van der Waals surface area contributed by atoms with Crippen molar-refractivity contribution >= 4 is 11.8 Å². The van der Waals surface area contributed by atoms with Crippen LogP contribution in [0.2, 0.25) is 0 Å². The van der Waals surface area contributed by atoms with Gasteiger partial charge in [-0.2, -0.15) is 5.10 Å². The van der Waals surface area contributed by atoms with Gasteiger partial charge in [-0.1, -0.05) is 36.4 Å². The molecule has 0 saturated carbocycles. The number of aromatic nitrogens is 2. The fourth-order valence-electron chi connectivity index (χ4n) is 3.03. The number of carbonyl (C=O) groups excluding carboxylic acids is 2. The lowest BCUT2D eigenvalue weighted by Crippen LogP contribution is -2.45. The zero-order chi connectivity index (χ0) is 20.6. The summed E-state index contributed by atoms with van der Waals surface area (Å²) < 4.78 is 1.88. The minimum Gasteiger partial charge on any atom is -0.354 e. The largest absolute Gasteiger partial charge is 0.354 e. The van der Waals surface area contributed by atoms with Crippen molar-refractivity contribution in [1.82, 2.24) is 20.4 Å². The quantitative estimate of drug-likeness (QED) is 0.581. The van der Waals surface area contributed by atoms with E-state index in [1.807, 2.05) is 54.2 Å². The van der Waals surface area contributed by atoms with Crippen molar-refractivity contribution in [3.63, 3.8) is 0 Å². The fraction of sp³-hybridized carbons (Fsp3) is 0.261. The minimum absolute atomic E-state index is 0.189. The number of rotatable bonds is 8. The van der Waals surface area contributed by atoms with Crippen molar-refractivity contribution in [2.24, 2.45) is 0 Å². The summed E-state index contributed by atoms with van der Waals surface area (Å²) in [6.45, 7) is 4.22. The SMILES string of the molecule is Cc1nn(-c2ccccc2)cc1CCCNC(=O)[C@@H](C)NC(=O)c1ccccc1. The van der Waals surface area contributed by atoms with Gasteiger partial charge in [0.2, 0.25) is 5.91 Å². The topological polar surface area (TPSA) is 76.0 Å². The Labute approximate surface area is 170 Å². The van der Waals surface area contributed by atoms with Gasteiger partial charge in [-0.25, -0.2) is 4.68 Å². The predicted molar refractivity (Wildman–Crippen MR) is 113 cm³/mol. The Balaban J connectivity index is 1.44. The maximum Gasteiger partial charge on any atom is 0.251 e. The summed E-state index contributed by atoms with van der Waals surface area (Å²) in [6, 6.07) is 18.3. The molecule has 2 aromatic carbocycles. The molecular formula is C23H26N4O2. The summed E-state index contributed by atoms with van der Waals surface area (Å²) in [4.78, 5) is 24.4. The molecule has 1 aromatic heterocycles. The van der Waals surface area contributed by atoms with E-state index in [-0.39, 0.29) is 11.8 Å². The van der Waals surface area contributed by atoms with E-state index in [1.54, 1.807) is 31.2 Å². The molecular weight excluding hydrogens is 364 g/mol. The summed E-state index contributed by atoms with van der Waals surface area (Å²) in [5.41, 5.74) is 3.72. The monoisotopic (exact) mass is 390 g/mol. The molecule has 0 aliphatic rings. The molecule has 0 bridgehead atoms. The Kier molecular flexibility index (Phi) is 6.79. The Bertz CT molecular complexity index is 952. The van der Waals surface area contributed by atoms with Gasteiger partial charge in [0, 0.05) is 18.3 Å². The van der Waals surface area contributed by atoms with Gasteiger partial charge in [-0.3, -0.25) is 9.59 Å². The number of benzene rings is 2. The molecule has 150 valence electrons. The van der Waals surface area contributed by atoms with Crippen molar-refractivity contribution in [3.05, 3.63) is 83.7 Å². The van der Waals surface area contributed by atoms with E-state index < -0.39 is 6.04 Å². The first-order chi connectivity index (χ1) is 14.0.